The number of ketones is 1. The summed E-state index contributed by atoms with van der Waals surface area (Å²) in [4.78, 5) is 12.3. The first-order valence-electron chi connectivity index (χ1n) is 6.03. The molecule has 0 unspecified atom stereocenters. The number of hydrogen-bond acceptors (Lipinski definition) is 2. The molecule has 86 valence electrons. The number of Topliss-reactive ketones (excluding diaryl/α,β-unsaturated/α-hetero) is 1. The van der Waals surface area contributed by atoms with Crippen LogP contribution in [0.4, 0.5) is 0 Å². The number of benzene rings is 1. The number of likely N-dealkylation sites (N-methyl/N-ethyl adjacent to an activating group) is 1. The molecule has 1 N–H and O–H groups in total. The van der Waals surface area contributed by atoms with Crippen molar-refractivity contribution in [1.82, 2.24) is 5.32 Å². The molecule has 0 heterocycles. The van der Waals surface area contributed by atoms with Crippen LogP contribution in [-0.4, -0.2) is 19.4 Å². The standard InChI is InChI=1S/C14H19NO/c1-15-11-13(16)14(9-5-6-10-14)12-7-3-2-4-8-12/h2-4,7-8,15H,5-6,9-11H2,1H3. The van der Waals surface area contributed by atoms with Crippen molar-refractivity contribution in [1.29, 1.82) is 0 Å². The molecule has 1 aliphatic carbocycles. The molecule has 1 aromatic rings. The highest BCUT2D eigenvalue weighted by molar-refractivity contribution is 5.92. The molecule has 1 fully saturated rings. The lowest BCUT2D eigenvalue weighted by atomic mass is 9.75. The van der Waals surface area contributed by atoms with E-state index in [1.807, 2.05) is 25.2 Å². The van der Waals surface area contributed by atoms with Crippen LogP contribution in [0.5, 0.6) is 0 Å². The van der Waals surface area contributed by atoms with Gasteiger partial charge in [0.05, 0.1) is 12.0 Å². The van der Waals surface area contributed by atoms with Crippen molar-refractivity contribution >= 4 is 5.78 Å². The number of rotatable bonds is 4. The van der Waals surface area contributed by atoms with E-state index < -0.39 is 0 Å². The molecule has 0 radical (unpaired) electrons. The van der Waals surface area contributed by atoms with Gasteiger partial charge in [0.1, 0.15) is 0 Å². The second-order valence-electron chi connectivity index (χ2n) is 4.61. The molecular weight excluding hydrogens is 198 g/mol. The number of hydrogen-bond donors (Lipinski definition) is 1. The van der Waals surface area contributed by atoms with Crippen LogP contribution in [-0.2, 0) is 10.2 Å². The van der Waals surface area contributed by atoms with E-state index in [1.165, 1.54) is 18.4 Å². The lowest BCUT2D eigenvalue weighted by Crippen LogP contribution is -2.38. The van der Waals surface area contributed by atoms with E-state index in [9.17, 15) is 4.79 Å². The monoisotopic (exact) mass is 217 g/mol. The first kappa shape index (κ1) is 11.3. The number of nitrogens with one attached hydrogen (secondary N) is 1. The number of carbonyl (C=O) groups excluding carboxylic acids is 1. The van der Waals surface area contributed by atoms with Crippen LogP contribution in [0.2, 0.25) is 0 Å². The topological polar surface area (TPSA) is 29.1 Å². The molecular formula is C14H19NO. The molecule has 0 amide bonds. The minimum atomic E-state index is -0.204. The third-order valence-corrected chi connectivity index (χ3v) is 3.65. The second kappa shape index (κ2) is 4.79. The molecule has 1 saturated carbocycles. The van der Waals surface area contributed by atoms with Gasteiger partial charge in [-0.3, -0.25) is 4.79 Å². The summed E-state index contributed by atoms with van der Waals surface area (Å²) in [7, 11) is 1.84. The average molecular weight is 217 g/mol. The lowest BCUT2D eigenvalue weighted by Gasteiger charge is -2.28. The predicted octanol–water partition coefficient (Wildman–Crippen LogP) is 2.29. The van der Waals surface area contributed by atoms with Crippen molar-refractivity contribution in [3.8, 4) is 0 Å². The maximum absolute atomic E-state index is 12.3. The molecule has 2 rings (SSSR count). The normalized spacial score (nSPS) is 18.6. The van der Waals surface area contributed by atoms with Crippen LogP contribution in [0, 0.1) is 0 Å². The molecule has 1 aromatic carbocycles. The first-order valence-corrected chi connectivity index (χ1v) is 6.03. The molecule has 0 aromatic heterocycles. The third kappa shape index (κ3) is 1.90. The molecule has 0 spiro atoms. The van der Waals surface area contributed by atoms with Gasteiger partial charge >= 0.3 is 0 Å². The van der Waals surface area contributed by atoms with Gasteiger partial charge in [-0.25, -0.2) is 0 Å². The Morgan fingerprint density at radius 2 is 1.88 bits per heavy atom. The van der Waals surface area contributed by atoms with E-state index >= 15 is 0 Å². The summed E-state index contributed by atoms with van der Waals surface area (Å²) < 4.78 is 0. The van der Waals surface area contributed by atoms with E-state index in [0.29, 0.717) is 12.3 Å². The van der Waals surface area contributed by atoms with Crippen molar-refractivity contribution in [3.05, 3.63) is 35.9 Å². The Bertz CT molecular complexity index is 352. The van der Waals surface area contributed by atoms with Gasteiger partial charge in [0.2, 0.25) is 0 Å². The molecule has 2 nitrogen and oxygen atoms in total. The summed E-state index contributed by atoms with van der Waals surface area (Å²) in [5.41, 5.74) is 0.998. The number of carbonyl (C=O) groups is 1. The van der Waals surface area contributed by atoms with Gasteiger partial charge in [0.15, 0.2) is 5.78 Å². The molecule has 16 heavy (non-hydrogen) atoms. The zero-order valence-corrected chi connectivity index (χ0v) is 9.83. The maximum Gasteiger partial charge on any atom is 0.157 e. The summed E-state index contributed by atoms with van der Waals surface area (Å²) in [6.45, 7) is 0.481. The van der Waals surface area contributed by atoms with Crippen molar-refractivity contribution in [3.63, 3.8) is 0 Å². The van der Waals surface area contributed by atoms with Gasteiger partial charge in [-0.1, -0.05) is 43.2 Å². The first-order chi connectivity index (χ1) is 7.79. The van der Waals surface area contributed by atoms with Crippen LogP contribution in [0.3, 0.4) is 0 Å². The lowest BCUT2D eigenvalue weighted by molar-refractivity contribution is -0.123. The fourth-order valence-electron chi connectivity index (χ4n) is 2.79. The highest BCUT2D eigenvalue weighted by Gasteiger charge is 2.41. The zero-order valence-electron chi connectivity index (χ0n) is 9.83. The van der Waals surface area contributed by atoms with Gasteiger partial charge in [0, 0.05) is 0 Å². The molecule has 0 bridgehead atoms. The Labute approximate surface area is 97.1 Å². The Balaban J connectivity index is 2.32. The van der Waals surface area contributed by atoms with E-state index in [0.717, 1.165) is 12.8 Å². The van der Waals surface area contributed by atoms with Gasteiger partial charge in [-0.15, -0.1) is 0 Å². The summed E-state index contributed by atoms with van der Waals surface area (Å²) >= 11 is 0. The largest absolute Gasteiger partial charge is 0.313 e. The molecule has 1 aliphatic rings. The smallest absolute Gasteiger partial charge is 0.157 e. The Hall–Kier alpha value is -1.15. The maximum atomic E-state index is 12.3. The van der Waals surface area contributed by atoms with Crippen LogP contribution in [0.1, 0.15) is 31.2 Å². The average Bonchev–Trinajstić information content (AvgIpc) is 2.81. The van der Waals surface area contributed by atoms with Gasteiger partial charge in [-0.05, 0) is 25.5 Å². The Kier molecular flexibility index (Phi) is 3.39. The van der Waals surface area contributed by atoms with Crippen LogP contribution < -0.4 is 5.32 Å². The zero-order chi connectivity index (χ0) is 11.4. The minimum absolute atomic E-state index is 0.204. The van der Waals surface area contributed by atoms with Crippen molar-refractivity contribution in [2.75, 3.05) is 13.6 Å². The van der Waals surface area contributed by atoms with Crippen molar-refractivity contribution in [2.24, 2.45) is 0 Å². The van der Waals surface area contributed by atoms with Crippen LogP contribution in [0.15, 0.2) is 30.3 Å². The van der Waals surface area contributed by atoms with Crippen molar-refractivity contribution < 1.29 is 4.79 Å². The Morgan fingerprint density at radius 1 is 1.25 bits per heavy atom. The van der Waals surface area contributed by atoms with E-state index in [-0.39, 0.29) is 5.41 Å². The minimum Gasteiger partial charge on any atom is -0.313 e. The SMILES string of the molecule is CNCC(=O)C1(c2ccccc2)CCCC1. The fraction of sp³-hybridized carbons (Fsp3) is 0.500. The molecule has 2 heteroatoms. The Morgan fingerprint density at radius 3 is 2.44 bits per heavy atom. The summed E-state index contributed by atoms with van der Waals surface area (Å²) in [5.74, 6) is 0.346. The fourth-order valence-corrected chi connectivity index (χ4v) is 2.79. The van der Waals surface area contributed by atoms with Crippen LogP contribution in [0.25, 0.3) is 0 Å². The molecule has 0 saturated heterocycles. The van der Waals surface area contributed by atoms with Gasteiger partial charge in [0.25, 0.3) is 0 Å². The predicted molar refractivity (Wildman–Crippen MR) is 65.5 cm³/mol. The second-order valence-corrected chi connectivity index (χ2v) is 4.61. The summed E-state index contributed by atoms with van der Waals surface area (Å²) in [6.07, 6.45) is 4.36. The highest BCUT2D eigenvalue weighted by Crippen LogP contribution is 2.41. The van der Waals surface area contributed by atoms with Gasteiger partial charge < -0.3 is 5.32 Å². The summed E-state index contributed by atoms with van der Waals surface area (Å²) in [6, 6.07) is 10.3. The van der Waals surface area contributed by atoms with E-state index in [4.69, 9.17) is 0 Å². The van der Waals surface area contributed by atoms with E-state index in [1.54, 1.807) is 0 Å². The quantitative estimate of drug-likeness (QED) is 0.838. The van der Waals surface area contributed by atoms with E-state index in [2.05, 4.69) is 17.4 Å². The molecule has 0 aliphatic heterocycles. The van der Waals surface area contributed by atoms with Crippen molar-refractivity contribution in [2.45, 2.75) is 31.1 Å². The summed E-state index contributed by atoms with van der Waals surface area (Å²) in [5, 5.41) is 2.99. The molecule has 0 atom stereocenters. The van der Waals surface area contributed by atoms with Crippen LogP contribution >= 0.6 is 0 Å². The highest BCUT2D eigenvalue weighted by atomic mass is 16.1. The third-order valence-electron chi connectivity index (χ3n) is 3.65. The van der Waals surface area contributed by atoms with Gasteiger partial charge in [-0.2, -0.15) is 0 Å².